The zero-order valence-corrected chi connectivity index (χ0v) is 12.3. The Bertz CT molecular complexity index is 354. The number of esters is 1. The van der Waals surface area contributed by atoms with Gasteiger partial charge in [-0.15, -0.1) is 0 Å². The summed E-state index contributed by atoms with van der Waals surface area (Å²) in [5, 5.41) is 0. The molecule has 2 unspecified atom stereocenters. The van der Waals surface area contributed by atoms with Crippen molar-refractivity contribution in [3.63, 3.8) is 0 Å². The Hall–Kier alpha value is -0.650. The number of ether oxygens (including phenoxy) is 3. The molecule has 2 saturated heterocycles. The zero-order chi connectivity index (χ0) is 14.0. The van der Waals surface area contributed by atoms with Crippen LogP contribution in [0.3, 0.4) is 0 Å². The lowest BCUT2D eigenvalue weighted by Gasteiger charge is -2.45. The van der Waals surface area contributed by atoms with Crippen LogP contribution in [0.4, 0.5) is 0 Å². The Morgan fingerprint density at radius 3 is 2.85 bits per heavy atom. The predicted molar refractivity (Wildman–Crippen MR) is 73.5 cm³/mol. The van der Waals surface area contributed by atoms with Gasteiger partial charge in [-0.05, 0) is 25.7 Å². The van der Waals surface area contributed by atoms with Crippen molar-refractivity contribution in [2.75, 3.05) is 33.4 Å². The monoisotopic (exact) mass is 283 g/mol. The first-order chi connectivity index (χ1) is 9.72. The molecule has 0 radical (unpaired) electrons. The molecule has 1 aliphatic carbocycles. The van der Waals surface area contributed by atoms with E-state index in [4.69, 9.17) is 14.2 Å². The van der Waals surface area contributed by atoms with Gasteiger partial charge in [-0.3, -0.25) is 4.90 Å². The molecule has 3 rings (SSSR count). The van der Waals surface area contributed by atoms with Gasteiger partial charge < -0.3 is 14.2 Å². The maximum absolute atomic E-state index is 11.6. The van der Waals surface area contributed by atoms with Crippen LogP contribution in [0.5, 0.6) is 0 Å². The molecule has 2 aliphatic heterocycles. The molecule has 1 spiro atoms. The molecule has 0 amide bonds. The number of methoxy groups -OCH3 is 1. The summed E-state index contributed by atoms with van der Waals surface area (Å²) in [6.07, 6.45) is 6.75. The van der Waals surface area contributed by atoms with Crippen molar-refractivity contribution in [2.24, 2.45) is 0 Å². The molecule has 0 bridgehead atoms. The maximum atomic E-state index is 11.6. The van der Waals surface area contributed by atoms with Crippen LogP contribution >= 0.6 is 0 Å². The van der Waals surface area contributed by atoms with Gasteiger partial charge >= 0.3 is 5.97 Å². The van der Waals surface area contributed by atoms with Crippen LogP contribution in [0.15, 0.2) is 0 Å². The van der Waals surface area contributed by atoms with Crippen molar-refractivity contribution in [3.05, 3.63) is 0 Å². The number of carbonyl (C=O) groups is 1. The first-order valence-corrected chi connectivity index (χ1v) is 7.80. The summed E-state index contributed by atoms with van der Waals surface area (Å²) in [7, 11) is 1.42. The number of hydrogen-bond acceptors (Lipinski definition) is 5. The van der Waals surface area contributed by atoms with Crippen molar-refractivity contribution < 1.29 is 19.0 Å². The second kappa shape index (κ2) is 6.00. The van der Waals surface area contributed by atoms with Gasteiger partial charge in [-0.1, -0.05) is 12.8 Å². The number of nitrogens with zero attached hydrogens (tertiary/aromatic N) is 1. The van der Waals surface area contributed by atoms with Gasteiger partial charge in [0.25, 0.3) is 0 Å². The van der Waals surface area contributed by atoms with E-state index in [1.165, 1.54) is 32.8 Å². The molecule has 114 valence electrons. The topological polar surface area (TPSA) is 48.0 Å². The minimum atomic E-state index is -0.420. The van der Waals surface area contributed by atoms with Crippen molar-refractivity contribution in [1.29, 1.82) is 0 Å². The minimum Gasteiger partial charge on any atom is -0.467 e. The molecule has 2 heterocycles. The van der Waals surface area contributed by atoms with E-state index in [0.29, 0.717) is 19.2 Å². The Balaban J connectivity index is 1.61. The Kier molecular flexibility index (Phi) is 4.29. The van der Waals surface area contributed by atoms with Crippen LogP contribution in [0.1, 0.15) is 38.5 Å². The molecule has 20 heavy (non-hydrogen) atoms. The molecular weight excluding hydrogens is 258 g/mol. The van der Waals surface area contributed by atoms with Crippen molar-refractivity contribution in [1.82, 2.24) is 4.90 Å². The van der Waals surface area contributed by atoms with Gasteiger partial charge in [0, 0.05) is 25.7 Å². The molecule has 3 fully saturated rings. The molecule has 1 saturated carbocycles. The van der Waals surface area contributed by atoms with Gasteiger partial charge in [0.05, 0.1) is 19.3 Å². The lowest BCUT2D eigenvalue weighted by atomic mass is 9.88. The standard InChI is InChI=1S/C15H25NO4/c1-18-14(17)13-11-16(7-9-19-13)12-4-8-20-15(10-12)5-2-3-6-15/h12-13H,2-11H2,1H3. The molecule has 0 aromatic heterocycles. The van der Waals surface area contributed by atoms with E-state index in [1.54, 1.807) is 0 Å². The van der Waals surface area contributed by atoms with E-state index in [0.717, 1.165) is 26.0 Å². The summed E-state index contributed by atoms with van der Waals surface area (Å²) in [5.41, 5.74) is 0.127. The minimum absolute atomic E-state index is 0.127. The molecule has 5 nitrogen and oxygen atoms in total. The summed E-state index contributed by atoms with van der Waals surface area (Å²) in [4.78, 5) is 14.1. The van der Waals surface area contributed by atoms with E-state index in [-0.39, 0.29) is 11.6 Å². The van der Waals surface area contributed by atoms with E-state index >= 15 is 0 Å². The molecular formula is C15H25NO4. The molecule has 0 aromatic carbocycles. The van der Waals surface area contributed by atoms with E-state index in [1.807, 2.05) is 0 Å². The highest BCUT2D eigenvalue weighted by atomic mass is 16.6. The van der Waals surface area contributed by atoms with Gasteiger partial charge in [-0.2, -0.15) is 0 Å². The van der Waals surface area contributed by atoms with Crippen LogP contribution in [-0.2, 0) is 19.0 Å². The molecule has 3 aliphatic rings. The average molecular weight is 283 g/mol. The largest absolute Gasteiger partial charge is 0.467 e. The van der Waals surface area contributed by atoms with Gasteiger partial charge in [-0.25, -0.2) is 4.79 Å². The first-order valence-electron chi connectivity index (χ1n) is 7.80. The van der Waals surface area contributed by atoms with Crippen LogP contribution in [0, 0.1) is 0 Å². The molecule has 0 aromatic rings. The lowest BCUT2D eigenvalue weighted by Crippen LogP contribution is -2.54. The van der Waals surface area contributed by atoms with Crippen LogP contribution in [0.25, 0.3) is 0 Å². The summed E-state index contributed by atoms with van der Waals surface area (Å²) >= 11 is 0. The SMILES string of the molecule is COC(=O)C1CN(C2CCOC3(CCCC3)C2)CCO1. The van der Waals surface area contributed by atoms with Crippen molar-refractivity contribution in [3.8, 4) is 0 Å². The predicted octanol–water partition coefficient (Wildman–Crippen LogP) is 1.35. The summed E-state index contributed by atoms with van der Waals surface area (Å²) in [6, 6.07) is 0.526. The van der Waals surface area contributed by atoms with Gasteiger partial charge in [0.1, 0.15) is 0 Å². The third-order valence-corrected chi connectivity index (χ3v) is 5.06. The van der Waals surface area contributed by atoms with Crippen LogP contribution < -0.4 is 0 Å². The smallest absolute Gasteiger partial charge is 0.336 e. The number of morpholine rings is 1. The zero-order valence-electron chi connectivity index (χ0n) is 12.3. The lowest BCUT2D eigenvalue weighted by molar-refractivity contribution is -0.164. The number of rotatable bonds is 2. The summed E-state index contributed by atoms with van der Waals surface area (Å²) in [5.74, 6) is -0.252. The third-order valence-electron chi connectivity index (χ3n) is 5.06. The van der Waals surface area contributed by atoms with E-state index in [9.17, 15) is 4.79 Å². The molecule has 0 N–H and O–H groups in total. The second-order valence-corrected chi connectivity index (χ2v) is 6.26. The highest BCUT2D eigenvalue weighted by Crippen LogP contribution is 2.41. The Morgan fingerprint density at radius 1 is 1.30 bits per heavy atom. The van der Waals surface area contributed by atoms with Crippen molar-refractivity contribution in [2.45, 2.75) is 56.3 Å². The normalized spacial score (nSPS) is 34.2. The Labute approximate surface area is 120 Å². The second-order valence-electron chi connectivity index (χ2n) is 6.26. The van der Waals surface area contributed by atoms with Crippen LogP contribution in [0.2, 0.25) is 0 Å². The fraction of sp³-hybridized carbons (Fsp3) is 0.933. The van der Waals surface area contributed by atoms with E-state index in [2.05, 4.69) is 4.90 Å². The summed E-state index contributed by atoms with van der Waals surface area (Å²) < 4.78 is 16.4. The van der Waals surface area contributed by atoms with Gasteiger partial charge in [0.2, 0.25) is 0 Å². The fourth-order valence-corrected chi connectivity index (χ4v) is 3.96. The van der Waals surface area contributed by atoms with Gasteiger partial charge in [0.15, 0.2) is 6.10 Å². The van der Waals surface area contributed by atoms with E-state index < -0.39 is 6.10 Å². The molecule has 2 atom stereocenters. The Morgan fingerprint density at radius 2 is 2.10 bits per heavy atom. The number of hydrogen-bond donors (Lipinski definition) is 0. The highest BCUT2D eigenvalue weighted by Gasteiger charge is 2.42. The number of carbonyl (C=O) groups excluding carboxylic acids is 1. The fourth-order valence-electron chi connectivity index (χ4n) is 3.96. The highest BCUT2D eigenvalue weighted by molar-refractivity contribution is 5.74. The first kappa shape index (κ1) is 14.3. The summed E-state index contributed by atoms with van der Waals surface area (Å²) in [6.45, 7) is 3.04. The average Bonchev–Trinajstić information content (AvgIpc) is 2.94. The molecule has 5 heteroatoms. The third kappa shape index (κ3) is 2.85. The maximum Gasteiger partial charge on any atom is 0.336 e. The quantitative estimate of drug-likeness (QED) is 0.716. The van der Waals surface area contributed by atoms with Crippen LogP contribution in [-0.4, -0.2) is 62.0 Å². The van der Waals surface area contributed by atoms with Crippen molar-refractivity contribution >= 4 is 5.97 Å².